The first-order valence-electron chi connectivity index (χ1n) is 7.58. The molecule has 24 heavy (non-hydrogen) atoms. The van der Waals surface area contributed by atoms with Gasteiger partial charge in [-0.05, 0) is 0 Å². The lowest BCUT2D eigenvalue weighted by molar-refractivity contribution is -0.318. The summed E-state index contributed by atoms with van der Waals surface area (Å²) >= 11 is 0. The van der Waals surface area contributed by atoms with Crippen LogP contribution < -0.4 is 0 Å². The van der Waals surface area contributed by atoms with Gasteiger partial charge in [0.25, 0.3) is 0 Å². The molecule has 1 fully saturated rings. The summed E-state index contributed by atoms with van der Waals surface area (Å²) in [7, 11) is 10.9. The summed E-state index contributed by atoms with van der Waals surface area (Å²) in [6.45, 7) is 0.00254. The standard InChI is InChI=1S/C15H29NO8/c1-16(2)15(17)23-8-9(18-3)10-11(19-4)12(20-5)13(21-6)14(22-7)24-10/h9-14H,8H2,1-7H3. The van der Waals surface area contributed by atoms with Crippen molar-refractivity contribution in [3.63, 3.8) is 0 Å². The Morgan fingerprint density at radius 2 is 1.54 bits per heavy atom. The third-order valence-electron chi connectivity index (χ3n) is 3.99. The topological polar surface area (TPSA) is 84.9 Å². The van der Waals surface area contributed by atoms with Crippen molar-refractivity contribution in [3.8, 4) is 0 Å². The Labute approximate surface area is 143 Å². The molecule has 0 radical (unpaired) electrons. The maximum absolute atomic E-state index is 11.6. The molecule has 0 aromatic carbocycles. The third-order valence-corrected chi connectivity index (χ3v) is 3.99. The number of amides is 1. The summed E-state index contributed by atoms with van der Waals surface area (Å²) in [6, 6.07) is 0. The lowest BCUT2D eigenvalue weighted by Crippen LogP contribution is -2.63. The van der Waals surface area contributed by atoms with E-state index in [0.29, 0.717) is 0 Å². The van der Waals surface area contributed by atoms with Crippen LogP contribution in [-0.2, 0) is 33.2 Å². The molecule has 1 heterocycles. The fourth-order valence-corrected chi connectivity index (χ4v) is 2.69. The number of carbonyl (C=O) groups is 1. The summed E-state index contributed by atoms with van der Waals surface area (Å²) in [5, 5.41) is 0. The summed E-state index contributed by atoms with van der Waals surface area (Å²) in [4.78, 5) is 13.0. The molecule has 9 heteroatoms. The van der Waals surface area contributed by atoms with Crippen LogP contribution >= 0.6 is 0 Å². The smallest absolute Gasteiger partial charge is 0.409 e. The van der Waals surface area contributed by atoms with Crippen LogP contribution in [0.5, 0.6) is 0 Å². The quantitative estimate of drug-likeness (QED) is 0.609. The summed E-state index contributed by atoms with van der Waals surface area (Å²) in [5.41, 5.74) is 0. The fraction of sp³-hybridized carbons (Fsp3) is 0.933. The molecule has 1 aliphatic heterocycles. The summed E-state index contributed by atoms with van der Waals surface area (Å²) in [6.07, 6.45) is -3.67. The van der Waals surface area contributed by atoms with Gasteiger partial charge in [0.15, 0.2) is 6.29 Å². The Morgan fingerprint density at radius 1 is 0.958 bits per heavy atom. The van der Waals surface area contributed by atoms with Gasteiger partial charge in [-0.2, -0.15) is 0 Å². The fourth-order valence-electron chi connectivity index (χ4n) is 2.69. The third kappa shape index (κ3) is 4.78. The normalized spacial score (nSPS) is 31.5. The minimum Gasteiger partial charge on any atom is -0.447 e. The van der Waals surface area contributed by atoms with Crippen molar-refractivity contribution in [2.24, 2.45) is 0 Å². The molecule has 0 saturated carbocycles. The van der Waals surface area contributed by atoms with Gasteiger partial charge in [0.2, 0.25) is 0 Å². The number of ether oxygens (including phenoxy) is 7. The number of hydrogen-bond donors (Lipinski definition) is 0. The van der Waals surface area contributed by atoms with Gasteiger partial charge in [-0.1, -0.05) is 0 Å². The Kier molecular flexibility index (Phi) is 8.88. The van der Waals surface area contributed by atoms with Crippen LogP contribution in [0, 0.1) is 0 Å². The molecule has 0 aromatic heterocycles. The molecule has 0 N–H and O–H groups in total. The van der Waals surface area contributed by atoms with Gasteiger partial charge in [0.05, 0.1) is 0 Å². The highest BCUT2D eigenvalue weighted by atomic mass is 16.7. The minimum atomic E-state index is -0.668. The average Bonchev–Trinajstić information content (AvgIpc) is 2.59. The maximum atomic E-state index is 11.6. The van der Waals surface area contributed by atoms with Gasteiger partial charge < -0.3 is 38.1 Å². The van der Waals surface area contributed by atoms with E-state index in [1.54, 1.807) is 35.4 Å². The lowest BCUT2D eigenvalue weighted by Gasteiger charge is -2.46. The van der Waals surface area contributed by atoms with E-state index in [-0.39, 0.29) is 6.61 Å². The van der Waals surface area contributed by atoms with Crippen molar-refractivity contribution >= 4 is 6.09 Å². The number of rotatable bonds is 8. The Morgan fingerprint density at radius 3 is 1.96 bits per heavy atom. The number of carbonyl (C=O) groups excluding carboxylic acids is 1. The van der Waals surface area contributed by atoms with Crippen molar-refractivity contribution in [1.29, 1.82) is 0 Å². The number of methoxy groups -OCH3 is 5. The zero-order valence-corrected chi connectivity index (χ0v) is 15.4. The van der Waals surface area contributed by atoms with E-state index in [1.807, 2.05) is 0 Å². The predicted octanol–water partition coefficient (Wildman–Crippen LogP) is 0.116. The van der Waals surface area contributed by atoms with Crippen LogP contribution in [0.25, 0.3) is 0 Å². The van der Waals surface area contributed by atoms with E-state index in [1.165, 1.54) is 19.1 Å². The first kappa shape index (κ1) is 21.1. The zero-order valence-electron chi connectivity index (χ0n) is 15.4. The number of hydrogen-bond acceptors (Lipinski definition) is 8. The molecule has 9 nitrogen and oxygen atoms in total. The van der Waals surface area contributed by atoms with Gasteiger partial charge in [0.1, 0.15) is 37.1 Å². The van der Waals surface area contributed by atoms with Crippen LogP contribution in [0.1, 0.15) is 0 Å². The molecule has 0 aromatic rings. The van der Waals surface area contributed by atoms with Crippen LogP contribution in [-0.4, -0.2) is 104 Å². The second kappa shape index (κ2) is 10.1. The van der Waals surface area contributed by atoms with E-state index in [9.17, 15) is 4.79 Å². The van der Waals surface area contributed by atoms with Crippen LogP contribution in [0.4, 0.5) is 4.79 Å². The monoisotopic (exact) mass is 351 g/mol. The Balaban J connectivity index is 2.93. The van der Waals surface area contributed by atoms with E-state index < -0.39 is 42.9 Å². The molecule has 0 bridgehead atoms. The molecule has 1 saturated heterocycles. The summed E-state index contributed by atoms with van der Waals surface area (Å²) in [5.74, 6) is 0. The van der Waals surface area contributed by atoms with Gasteiger partial charge in [-0.25, -0.2) is 4.79 Å². The molecule has 6 unspecified atom stereocenters. The van der Waals surface area contributed by atoms with E-state index in [0.717, 1.165) is 0 Å². The lowest BCUT2D eigenvalue weighted by atomic mass is 9.94. The van der Waals surface area contributed by atoms with Gasteiger partial charge in [-0.3, -0.25) is 0 Å². The summed E-state index contributed by atoms with van der Waals surface area (Å²) < 4.78 is 38.5. The second-order valence-electron chi connectivity index (χ2n) is 5.55. The maximum Gasteiger partial charge on any atom is 0.409 e. The van der Waals surface area contributed by atoms with Crippen molar-refractivity contribution in [1.82, 2.24) is 4.90 Å². The largest absolute Gasteiger partial charge is 0.447 e. The molecule has 1 rings (SSSR count). The van der Waals surface area contributed by atoms with Gasteiger partial charge in [0, 0.05) is 49.6 Å². The minimum absolute atomic E-state index is 0.00254. The van der Waals surface area contributed by atoms with Crippen molar-refractivity contribution < 1.29 is 38.0 Å². The van der Waals surface area contributed by atoms with Crippen LogP contribution in [0.2, 0.25) is 0 Å². The van der Waals surface area contributed by atoms with Gasteiger partial charge in [-0.15, -0.1) is 0 Å². The molecule has 0 spiro atoms. The number of nitrogens with zero attached hydrogens (tertiary/aromatic N) is 1. The molecular formula is C15H29NO8. The highest BCUT2D eigenvalue weighted by Crippen LogP contribution is 2.30. The highest BCUT2D eigenvalue weighted by Gasteiger charge is 2.50. The molecular weight excluding hydrogens is 322 g/mol. The van der Waals surface area contributed by atoms with Crippen molar-refractivity contribution in [2.75, 3.05) is 56.3 Å². The SMILES string of the molecule is COC(COC(=O)N(C)C)C1OC(OC)C(OC)C(OC)C1OC. The van der Waals surface area contributed by atoms with Crippen molar-refractivity contribution in [2.45, 2.75) is 36.8 Å². The molecule has 6 atom stereocenters. The Bertz CT molecular complexity index is 380. The van der Waals surface area contributed by atoms with E-state index in [2.05, 4.69) is 0 Å². The van der Waals surface area contributed by atoms with Crippen molar-refractivity contribution in [3.05, 3.63) is 0 Å². The predicted molar refractivity (Wildman–Crippen MR) is 83.9 cm³/mol. The Hall–Kier alpha value is -0.970. The second-order valence-corrected chi connectivity index (χ2v) is 5.55. The van der Waals surface area contributed by atoms with E-state index in [4.69, 9.17) is 33.2 Å². The molecule has 0 aliphatic carbocycles. The highest BCUT2D eigenvalue weighted by molar-refractivity contribution is 5.66. The van der Waals surface area contributed by atoms with Crippen LogP contribution in [0.3, 0.4) is 0 Å². The first-order chi connectivity index (χ1) is 11.4. The van der Waals surface area contributed by atoms with Crippen LogP contribution in [0.15, 0.2) is 0 Å². The molecule has 1 amide bonds. The van der Waals surface area contributed by atoms with Gasteiger partial charge >= 0.3 is 6.09 Å². The van der Waals surface area contributed by atoms with E-state index >= 15 is 0 Å². The molecule has 142 valence electrons. The first-order valence-corrected chi connectivity index (χ1v) is 7.58. The zero-order chi connectivity index (χ0) is 18.3. The molecule has 1 aliphatic rings. The average molecular weight is 351 g/mol.